The van der Waals surface area contributed by atoms with E-state index in [9.17, 15) is 14.4 Å². The van der Waals surface area contributed by atoms with Crippen LogP contribution in [0.3, 0.4) is 0 Å². The number of anilines is 1. The molecular weight excluding hydrogens is 460 g/mol. The minimum Gasteiger partial charge on any atom is -0.494 e. The first-order valence-corrected chi connectivity index (χ1v) is 12.2. The molecule has 0 aliphatic heterocycles. The van der Waals surface area contributed by atoms with Crippen LogP contribution >= 0.6 is 11.3 Å². The Morgan fingerprint density at radius 2 is 1.46 bits per heavy atom. The van der Waals surface area contributed by atoms with Crippen LogP contribution in [0, 0.1) is 0 Å². The van der Waals surface area contributed by atoms with Crippen LogP contribution in [-0.2, 0) is 0 Å². The van der Waals surface area contributed by atoms with E-state index in [0.29, 0.717) is 22.9 Å². The Labute approximate surface area is 207 Å². The molecule has 4 aromatic rings. The average molecular weight is 485 g/mol. The number of thiazole rings is 1. The van der Waals surface area contributed by atoms with Gasteiger partial charge >= 0.3 is 0 Å². The van der Waals surface area contributed by atoms with E-state index in [2.05, 4.69) is 17.2 Å². The average Bonchev–Trinajstić information content (AvgIpc) is 3.37. The molecule has 0 spiro atoms. The summed E-state index contributed by atoms with van der Waals surface area (Å²) in [6.07, 6.45) is 2.10. The van der Waals surface area contributed by atoms with E-state index in [-0.39, 0.29) is 11.5 Å². The number of Topliss-reactive ketones (excluding diaryl/α,β-unsaturated/α-hetero) is 2. The molecule has 0 aliphatic rings. The molecule has 0 unspecified atom stereocenters. The fourth-order valence-electron chi connectivity index (χ4n) is 3.31. The van der Waals surface area contributed by atoms with Crippen molar-refractivity contribution in [3.05, 3.63) is 101 Å². The minimum atomic E-state index is -0.616. The molecule has 4 rings (SSSR count). The number of aromatic nitrogens is 1. The smallest absolute Gasteiger partial charge is 0.257 e. The summed E-state index contributed by atoms with van der Waals surface area (Å²) in [7, 11) is 0. The van der Waals surface area contributed by atoms with Crippen LogP contribution in [-0.4, -0.2) is 29.1 Å². The van der Waals surface area contributed by atoms with Gasteiger partial charge in [-0.2, -0.15) is 0 Å². The van der Waals surface area contributed by atoms with Crippen molar-refractivity contribution in [2.24, 2.45) is 0 Å². The van der Waals surface area contributed by atoms with Gasteiger partial charge in [0.15, 0.2) is 5.13 Å². The Morgan fingerprint density at radius 3 is 2.11 bits per heavy atom. The van der Waals surface area contributed by atoms with Gasteiger partial charge in [0.05, 0.1) is 12.3 Å². The molecule has 7 heteroatoms. The van der Waals surface area contributed by atoms with Crippen molar-refractivity contribution < 1.29 is 19.1 Å². The highest BCUT2D eigenvalue weighted by atomic mass is 32.1. The molecule has 0 saturated heterocycles. The largest absolute Gasteiger partial charge is 0.494 e. The molecule has 3 aromatic carbocycles. The highest BCUT2D eigenvalue weighted by Gasteiger charge is 2.18. The molecule has 0 bridgehead atoms. The summed E-state index contributed by atoms with van der Waals surface area (Å²) in [6.45, 7) is 2.82. The van der Waals surface area contributed by atoms with Gasteiger partial charge in [0.2, 0.25) is 11.6 Å². The van der Waals surface area contributed by atoms with Crippen LogP contribution in [0.15, 0.2) is 84.2 Å². The van der Waals surface area contributed by atoms with Gasteiger partial charge in [0.25, 0.3) is 5.91 Å². The van der Waals surface area contributed by atoms with Crippen LogP contribution in [0.4, 0.5) is 5.13 Å². The molecule has 1 N–H and O–H groups in total. The van der Waals surface area contributed by atoms with E-state index in [1.54, 1.807) is 30.3 Å². The monoisotopic (exact) mass is 484 g/mol. The predicted molar refractivity (Wildman–Crippen MR) is 137 cm³/mol. The lowest BCUT2D eigenvalue weighted by atomic mass is 10.0. The second kappa shape index (κ2) is 11.4. The van der Waals surface area contributed by atoms with Crippen LogP contribution < -0.4 is 10.1 Å². The zero-order chi connectivity index (χ0) is 24.6. The minimum absolute atomic E-state index is 0.231. The van der Waals surface area contributed by atoms with Crippen molar-refractivity contribution in [2.45, 2.75) is 19.8 Å². The number of ketones is 2. The molecule has 0 fully saturated rings. The summed E-state index contributed by atoms with van der Waals surface area (Å²) >= 11 is 1.32. The predicted octanol–water partition coefficient (Wildman–Crippen LogP) is 6.31. The second-order valence-electron chi connectivity index (χ2n) is 7.82. The summed E-state index contributed by atoms with van der Waals surface area (Å²) in [5.74, 6) is -0.731. The van der Waals surface area contributed by atoms with Crippen molar-refractivity contribution in [2.75, 3.05) is 11.9 Å². The summed E-state index contributed by atoms with van der Waals surface area (Å²) in [6, 6.07) is 22.1. The van der Waals surface area contributed by atoms with Crippen LogP contribution in [0.1, 0.15) is 50.8 Å². The summed E-state index contributed by atoms with van der Waals surface area (Å²) in [4.78, 5) is 42.0. The number of nitrogens with zero attached hydrogens (tertiary/aromatic N) is 1. The highest BCUT2D eigenvalue weighted by Crippen LogP contribution is 2.27. The fraction of sp³-hybridized carbons (Fsp3) is 0.143. The van der Waals surface area contributed by atoms with Gasteiger partial charge in [-0.15, -0.1) is 11.3 Å². The van der Waals surface area contributed by atoms with Gasteiger partial charge in [-0.05, 0) is 42.8 Å². The molecule has 0 saturated carbocycles. The quantitative estimate of drug-likeness (QED) is 0.162. The summed E-state index contributed by atoms with van der Waals surface area (Å²) < 4.78 is 5.69. The maximum absolute atomic E-state index is 12.7. The zero-order valence-corrected chi connectivity index (χ0v) is 20.0. The lowest BCUT2D eigenvalue weighted by molar-refractivity contribution is 0.0817. The van der Waals surface area contributed by atoms with E-state index in [0.717, 1.165) is 29.8 Å². The lowest BCUT2D eigenvalue weighted by Gasteiger charge is -2.05. The maximum Gasteiger partial charge on any atom is 0.257 e. The van der Waals surface area contributed by atoms with Gasteiger partial charge in [-0.25, -0.2) is 4.98 Å². The molecule has 176 valence electrons. The number of carbonyl (C=O) groups is 3. The van der Waals surface area contributed by atoms with Gasteiger partial charge < -0.3 is 4.74 Å². The molecule has 1 aromatic heterocycles. The molecule has 1 heterocycles. The molecule has 35 heavy (non-hydrogen) atoms. The van der Waals surface area contributed by atoms with Crippen molar-refractivity contribution in [3.63, 3.8) is 0 Å². The first-order valence-electron chi connectivity index (χ1n) is 11.3. The van der Waals surface area contributed by atoms with Crippen molar-refractivity contribution in [1.82, 2.24) is 4.98 Å². The van der Waals surface area contributed by atoms with Gasteiger partial charge in [0.1, 0.15) is 5.75 Å². The second-order valence-corrected chi connectivity index (χ2v) is 8.68. The molecule has 0 atom stereocenters. The zero-order valence-electron chi connectivity index (χ0n) is 19.2. The van der Waals surface area contributed by atoms with E-state index in [4.69, 9.17) is 4.74 Å². The standard InChI is InChI=1S/C28H24N2O4S/c1-2-3-17-34-23-15-13-19(14-16-23)24-18-35-28(29-24)30-27(33)22-11-9-21(10-12-22)26(32)25(31)20-7-5-4-6-8-20/h4-16,18H,2-3,17H2,1H3,(H,29,30,33). The molecule has 0 aliphatic carbocycles. The number of benzene rings is 3. The van der Waals surface area contributed by atoms with Gasteiger partial charge in [0, 0.05) is 27.6 Å². The first kappa shape index (κ1) is 24.0. The number of amides is 1. The summed E-state index contributed by atoms with van der Waals surface area (Å²) in [5, 5.41) is 5.12. The Bertz CT molecular complexity index is 1310. The number of carbonyl (C=O) groups excluding carboxylic acids is 3. The summed E-state index contributed by atoms with van der Waals surface area (Å²) in [5.41, 5.74) is 2.60. The lowest BCUT2D eigenvalue weighted by Crippen LogP contribution is -2.15. The third-order valence-corrected chi connectivity index (χ3v) is 6.05. The maximum atomic E-state index is 12.7. The number of ether oxygens (including phenoxy) is 1. The van der Waals surface area contributed by atoms with Crippen LogP contribution in [0.25, 0.3) is 11.3 Å². The fourth-order valence-corrected chi connectivity index (χ4v) is 4.03. The highest BCUT2D eigenvalue weighted by molar-refractivity contribution is 7.14. The first-order chi connectivity index (χ1) is 17.0. The number of rotatable bonds is 10. The Balaban J connectivity index is 1.37. The van der Waals surface area contributed by atoms with Gasteiger partial charge in [-0.3, -0.25) is 19.7 Å². The topological polar surface area (TPSA) is 85.4 Å². The van der Waals surface area contributed by atoms with Gasteiger partial charge in [-0.1, -0.05) is 55.8 Å². The van der Waals surface area contributed by atoms with E-state index in [1.807, 2.05) is 29.6 Å². The molecule has 1 amide bonds. The number of hydrogen-bond donors (Lipinski definition) is 1. The number of hydrogen-bond acceptors (Lipinski definition) is 6. The van der Waals surface area contributed by atoms with Crippen molar-refractivity contribution in [3.8, 4) is 17.0 Å². The molecule has 6 nitrogen and oxygen atoms in total. The van der Waals surface area contributed by atoms with Crippen molar-refractivity contribution >= 4 is 33.9 Å². The van der Waals surface area contributed by atoms with E-state index < -0.39 is 11.6 Å². The Morgan fingerprint density at radius 1 is 0.829 bits per heavy atom. The van der Waals surface area contributed by atoms with Crippen LogP contribution in [0.5, 0.6) is 5.75 Å². The molecular formula is C28H24N2O4S. The third kappa shape index (κ3) is 6.07. The third-order valence-electron chi connectivity index (χ3n) is 5.29. The number of nitrogens with one attached hydrogen (secondary N) is 1. The van der Waals surface area contributed by atoms with E-state index >= 15 is 0 Å². The van der Waals surface area contributed by atoms with Crippen LogP contribution in [0.2, 0.25) is 0 Å². The van der Waals surface area contributed by atoms with Crippen molar-refractivity contribution in [1.29, 1.82) is 0 Å². The molecule has 0 radical (unpaired) electrons. The Hall–Kier alpha value is -4.10. The normalized spacial score (nSPS) is 10.5. The number of unbranched alkanes of at least 4 members (excludes halogenated alkanes) is 1. The SMILES string of the molecule is CCCCOc1ccc(-c2csc(NC(=O)c3ccc(C(=O)C(=O)c4ccccc4)cc3)n2)cc1. The Kier molecular flexibility index (Phi) is 7.80. The van der Waals surface area contributed by atoms with E-state index in [1.165, 1.54) is 35.6 Å².